The van der Waals surface area contributed by atoms with Crippen LogP contribution in [0.25, 0.3) is 11.1 Å². The van der Waals surface area contributed by atoms with Crippen LogP contribution in [-0.2, 0) is 12.1 Å². The van der Waals surface area contributed by atoms with E-state index >= 15 is 0 Å². The molecule has 1 aliphatic rings. The molecule has 3 aromatic rings. The lowest BCUT2D eigenvalue weighted by Gasteiger charge is -2.31. The van der Waals surface area contributed by atoms with Crippen molar-refractivity contribution >= 4 is 17.4 Å². The average molecular weight is 374 g/mol. The van der Waals surface area contributed by atoms with Crippen LogP contribution in [0.4, 0.5) is 8.78 Å². The maximum Gasteiger partial charge on any atom is 0.175 e. The fraction of sp³-hybridized carbons (Fsp3) is 0.167. The largest absolute Gasteiger partial charge is 0.381 e. The van der Waals surface area contributed by atoms with Gasteiger partial charge in [-0.2, -0.15) is 0 Å². The third-order valence-corrected chi connectivity index (χ3v) is 4.65. The van der Waals surface area contributed by atoms with Gasteiger partial charge in [0.05, 0.1) is 11.6 Å². The van der Waals surface area contributed by atoms with Crippen molar-refractivity contribution in [1.82, 2.24) is 14.5 Å². The highest BCUT2D eigenvalue weighted by Gasteiger charge is 2.35. The lowest BCUT2D eigenvalue weighted by atomic mass is 9.88. The molecule has 1 unspecified atom stereocenters. The Morgan fingerprint density at radius 1 is 1.19 bits per heavy atom. The summed E-state index contributed by atoms with van der Waals surface area (Å²) in [5, 5.41) is 0.363. The van der Waals surface area contributed by atoms with Crippen molar-refractivity contribution in [1.29, 1.82) is 0 Å². The second kappa shape index (κ2) is 5.88. The number of hydrogen-bond acceptors (Lipinski definition) is 4. The van der Waals surface area contributed by atoms with Crippen LogP contribution in [0.3, 0.4) is 0 Å². The molecule has 0 saturated heterocycles. The van der Waals surface area contributed by atoms with Gasteiger partial charge >= 0.3 is 0 Å². The van der Waals surface area contributed by atoms with E-state index < -0.39 is 17.2 Å². The first kappa shape index (κ1) is 16.7. The number of rotatable bonds is 2. The van der Waals surface area contributed by atoms with Crippen molar-refractivity contribution in [3.8, 4) is 11.1 Å². The summed E-state index contributed by atoms with van der Waals surface area (Å²) in [5.41, 5.74) is 5.88. The summed E-state index contributed by atoms with van der Waals surface area (Å²) >= 11 is 5.95. The van der Waals surface area contributed by atoms with Crippen molar-refractivity contribution in [2.75, 3.05) is 0 Å². The van der Waals surface area contributed by atoms with Crippen molar-refractivity contribution in [2.24, 2.45) is 10.7 Å². The zero-order valence-corrected chi connectivity index (χ0v) is 14.5. The van der Waals surface area contributed by atoms with Gasteiger partial charge in [0.1, 0.15) is 17.2 Å². The Labute approximate surface area is 153 Å². The second-order valence-electron chi connectivity index (χ2n) is 6.35. The van der Waals surface area contributed by atoms with E-state index in [1.54, 1.807) is 30.0 Å². The summed E-state index contributed by atoms with van der Waals surface area (Å²) in [6.07, 6.45) is 6.27. The number of aromatic nitrogens is 3. The summed E-state index contributed by atoms with van der Waals surface area (Å²) < 4.78 is 30.9. The first-order valence-corrected chi connectivity index (χ1v) is 8.22. The fourth-order valence-corrected chi connectivity index (χ4v) is 3.41. The number of benzene rings is 1. The van der Waals surface area contributed by atoms with Crippen LogP contribution in [0.15, 0.2) is 48.0 Å². The zero-order valence-electron chi connectivity index (χ0n) is 13.7. The SMILES string of the molecule is CC1(c2cc(-c3cncc(Cl)c3)c(F)cc2F)Cn2ccnc2C(N)=N1. The summed E-state index contributed by atoms with van der Waals surface area (Å²) in [5.74, 6) is -0.651. The van der Waals surface area contributed by atoms with Gasteiger partial charge in [-0.1, -0.05) is 11.6 Å². The van der Waals surface area contributed by atoms with Gasteiger partial charge in [0.15, 0.2) is 11.7 Å². The molecule has 1 atom stereocenters. The van der Waals surface area contributed by atoms with Gasteiger partial charge in [-0.25, -0.2) is 13.8 Å². The van der Waals surface area contributed by atoms with E-state index in [9.17, 15) is 8.78 Å². The van der Waals surface area contributed by atoms with Crippen LogP contribution in [0.1, 0.15) is 18.3 Å². The van der Waals surface area contributed by atoms with E-state index in [1.807, 2.05) is 0 Å². The molecule has 0 amide bonds. The van der Waals surface area contributed by atoms with Gasteiger partial charge in [0.25, 0.3) is 0 Å². The molecule has 0 radical (unpaired) electrons. The van der Waals surface area contributed by atoms with Crippen LogP contribution >= 0.6 is 11.6 Å². The molecule has 132 valence electrons. The molecular formula is C18H14ClF2N5. The molecule has 3 heterocycles. The number of fused-ring (bicyclic) bond motifs is 1. The van der Waals surface area contributed by atoms with E-state index in [2.05, 4.69) is 15.0 Å². The van der Waals surface area contributed by atoms with E-state index in [0.29, 0.717) is 23.0 Å². The van der Waals surface area contributed by atoms with Crippen LogP contribution in [0, 0.1) is 11.6 Å². The Kier molecular flexibility index (Phi) is 3.77. The number of nitrogens with zero attached hydrogens (tertiary/aromatic N) is 4. The van der Waals surface area contributed by atoms with Crippen LogP contribution in [0.2, 0.25) is 5.02 Å². The molecule has 4 rings (SSSR count). The molecule has 0 bridgehead atoms. The van der Waals surface area contributed by atoms with Crippen molar-refractivity contribution in [2.45, 2.75) is 19.0 Å². The molecule has 5 nitrogen and oxygen atoms in total. The molecular weight excluding hydrogens is 360 g/mol. The molecule has 2 N–H and O–H groups in total. The topological polar surface area (TPSA) is 69.1 Å². The van der Waals surface area contributed by atoms with Gasteiger partial charge < -0.3 is 10.3 Å². The molecule has 8 heteroatoms. The average Bonchev–Trinajstić information content (AvgIpc) is 3.03. The van der Waals surface area contributed by atoms with Crippen LogP contribution in [0.5, 0.6) is 0 Å². The standard InChI is InChI=1S/C18H14ClF2N5/c1-18(9-26-3-2-24-17(26)16(22)25-18)13-5-12(14(20)6-15(13)21)10-4-11(19)8-23-7-10/h2-8H,9H2,1H3,(H2,22,25). The van der Waals surface area contributed by atoms with Gasteiger partial charge in [0, 0.05) is 47.5 Å². The quantitative estimate of drug-likeness (QED) is 0.747. The molecule has 0 fully saturated rings. The maximum atomic E-state index is 14.7. The summed E-state index contributed by atoms with van der Waals surface area (Å²) in [6, 6.07) is 3.87. The number of nitrogens with two attached hydrogens (primary N) is 1. The highest BCUT2D eigenvalue weighted by atomic mass is 35.5. The minimum Gasteiger partial charge on any atom is -0.381 e. The van der Waals surface area contributed by atoms with E-state index in [1.165, 1.54) is 18.5 Å². The van der Waals surface area contributed by atoms with Crippen LogP contribution in [-0.4, -0.2) is 20.4 Å². The minimum absolute atomic E-state index is 0.197. The molecule has 1 aliphatic heterocycles. The molecule has 0 spiro atoms. The lowest BCUT2D eigenvalue weighted by Crippen LogP contribution is -2.37. The van der Waals surface area contributed by atoms with Gasteiger partial charge in [-0.15, -0.1) is 0 Å². The number of aliphatic imine (C=N–C) groups is 1. The Balaban J connectivity index is 1.87. The lowest BCUT2D eigenvalue weighted by molar-refractivity contribution is 0.382. The fourth-order valence-electron chi connectivity index (χ4n) is 3.24. The smallest absolute Gasteiger partial charge is 0.175 e. The van der Waals surface area contributed by atoms with Crippen molar-refractivity contribution < 1.29 is 8.78 Å². The molecule has 0 aliphatic carbocycles. The third-order valence-electron chi connectivity index (χ3n) is 4.44. The summed E-state index contributed by atoms with van der Waals surface area (Å²) in [6.45, 7) is 2.08. The predicted octanol–water partition coefficient (Wildman–Crippen LogP) is 3.51. The molecule has 26 heavy (non-hydrogen) atoms. The second-order valence-corrected chi connectivity index (χ2v) is 6.79. The number of halogens is 3. The first-order chi connectivity index (χ1) is 12.4. The Morgan fingerprint density at radius 3 is 2.77 bits per heavy atom. The third kappa shape index (κ3) is 2.64. The Bertz CT molecular complexity index is 1050. The first-order valence-electron chi connectivity index (χ1n) is 7.85. The molecule has 0 saturated carbocycles. The zero-order chi connectivity index (χ0) is 18.5. The van der Waals surface area contributed by atoms with Gasteiger partial charge in [-0.05, 0) is 19.1 Å². The number of pyridine rings is 1. The maximum absolute atomic E-state index is 14.7. The number of hydrogen-bond donors (Lipinski definition) is 1. The van der Waals surface area contributed by atoms with Crippen molar-refractivity contribution in [3.05, 3.63) is 71.0 Å². The van der Waals surface area contributed by atoms with Crippen molar-refractivity contribution in [3.63, 3.8) is 0 Å². The van der Waals surface area contributed by atoms with Crippen LogP contribution < -0.4 is 5.73 Å². The van der Waals surface area contributed by atoms with E-state index in [4.69, 9.17) is 17.3 Å². The predicted molar refractivity (Wildman–Crippen MR) is 94.9 cm³/mol. The number of amidine groups is 1. The monoisotopic (exact) mass is 373 g/mol. The normalized spacial score (nSPS) is 19.2. The van der Waals surface area contributed by atoms with E-state index in [0.717, 1.165) is 6.07 Å². The highest BCUT2D eigenvalue weighted by molar-refractivity contribution is 6.30. The van der Waals surface area contributed by atoms with Gasteiger partial charge in [0.2, 0.25) is 0 Å². The molecule has 1 aromatic carbocycles. The van der Waals surface area contributed by atoms with E-state index in [-0.39, 0.29) is 17.0 Å². The van der Waals surface area contributed by atoms with Gasteiger partial charge in [-0.3, -0.25) is 9.98 Å². The minimum atomic E-state index is -1.00. The number of imidazole rings is 1. The summed E-state index contributed by atoms with van der Waals surface area (Å²) in [4.78, 5) is 12.6. The highest BCUT2D eigenvalue weighted by Crippen LogP contribution is 2.36. The Hall–Kier alpha value is -2.80. The molecule has 2 aromatic heterocycles. The Morgan fingerprint density at radius 2 is 2.00 bits per heavy atom. The summed E-state index contributed by atoms with van der Waals surface area (Å²) in [7, 11) is 0.